The van der Waals surface area contributed by atoms with Crippen molar-refractivity contribution in [1.29, 1.82) is 0 Å². The number of rotatable bonds is 1. The van der Waals surface area contributed by atoms with Gasteiger partial charge < -0.3 is 19.9 Å². The van der Waals surface area contributed by atoms with E-state index in [1.165, 1.54) is 0 Å². The maximum absolute atomic E-state index is 14.3. The van der Waals surface area contributed by atoms with Crippen molar-refractivity contribution in [2.75, 3.05) is 31.1 Å². The molecule has 0 unspecified atom stereocenters. The molecular formula is C27H29N3O4. The number of hydrogen-bond acceptors (Lipinski definition) is 4. The number of anilines is 1. The van der Waals surface area contributed by atoms with Gasteiger partial charge in [-0.2, -0.15) is 0 Å². The van der Waals surface area contributed by atoms with Gasteiger partial charge >= 0.3 is 0 Å². The van der Waals surface area contributed by atoms with E-state index in [-0.39, 0.29) is 30.2 Å². The molecule has 2 aromatic carbocycles. The van der Waals surface area contributed by atoms with Gasteiger partial charge in [0.1, 0.15) is 17.7 Å². The Kier molecular flexibility index (Phi) is 5.08. The fraction of sp³-hybridized carbons (Fsp3) is 0.444. The first-order chi connectivity index (χ1) is 16.6. The Hall–Kier alpha value is -3.35. The number of para-hydroxylation sites is 1. The predicted molar refractivity (Wildman–Crippen MR) is 126 cm³/mol. The monoisotopic (exact) mass is 459 g/mol. The van der Waals surface area contributed by atoms with Crippen molar-refractivity contribution in [2.24, 2.45) is 5.92 Å². The van der Waals surface area contributed by atoms with Crippen molar-refractivity contribution in [3.8, 4) is 5.75 Å². The van der Waals surface area contributed by atoms with Crippen LogP contribution in [0.3, 0.4) is 0 Å². The lowest BCUT2D eigenvalue weighted by Crippen LogP contribution is -2.49. The Bertz CT molecular complexity index is 1160. The van der Waals surface area contributed by atoms with Gasteiger partial charge in [-0.1, -0.05) is 36.8 Å². The number of nitrogens with one attached hydrogen (secondary N) is 1. The van der Waals surface area contributed by atoms with E-state index in [1.54, 1.807) is 4.90 Å². The van der Waals surface area contributed by atoms with Crippen LogP contribution >= 0.6 is 0 Å². The lowest BCUT2D eigenvalue weighted by Gasteiger charge is -2.38. The van der Waals surface area contributed by atoms with Gasteiger partial charge in [-0.3, -0.25) is 14.4 Å². The molecule has 2 fully saturated rings. The third kappa shape index (κ3) is 3.13. The minimum absolute atomic E-state index is 0.0260. The summed E-state index contributed by atoms with van der Waals surface area (Å²) in [5, 5.41) is 2.91. The highest BCUT2D eigenvalue weighted by atomic mass is 16.5. The van der Waals surface area contributed by atoms with E-state index in [9.17, 15) is 14.4 Å². The molecule has 7 heteroatoms. The van der Waals surface area contributed by atoms with Crippen LogP contribution in [0.25, 0.3) is 0 Å². The summed E-state index contributed by atoms with van der Waals surface area (Å²) in [6.07, 6.45) is 4.10. The highest BCUT2D eigenvalue weighted by Gasteiger charge is 2.62. The number of amides is 3. The molecular weight excluding hydrogens is 430 g/mol. The highest BCUT2D eigenvalue weighted by Crippen LogP contribution is 2.57. The van der Waals surface area contributed by atoms with Crippen LogP contribution in [0.1, 0.15) is 49.3 Å². The second-order valence-electron chi connectivity index (χ2n) is 9.82. The van der Waals surface area contributed by atoms with Gasteiger partial charge in [0.2, 0.25) is 17.7 Å². The van der Waals surface area contributed by atoms with Gasteiger partial charge in [0.05, 0.1) is 12.6 Å². The summed E-state index contributed by atoms with van der Waals surface area (Å²) < 4.78 is 5.97. The number of fused-ring (bicyclic) bond motifs is 6. The van der Waals surface area contributed by atoms with Crippen molar-refractivity contribution in [3.63, 3.8) is 0 Å². The van der Waals surface area contributed by atoms with Crippen LogP contribution in [-0.4, -0.2) is 48.9 Å². The lowest BCUT2D eigenvalue weighted by atomic mass is 9.72. The maximum atomic E-state index is 14.3. The largest absolute Gasteiger partial charge is 0.494 e. The summed E-state index contributed by atoms with van der Waals surface area (Å²) in [6.45, 7) is 1.46. The molecule has 176 valence electrons. The van der Waals surface area contributed by atoms with Gasteiger partial charge in [-0.15, -0.1) is 0 Å². The number of carbonyl (C=O) groups is 3. The van der Waals surface area contributed by atoms with Crippen molar-refractivity contribution < 1.29 is 19.1 Å². The first-order valence-electron chi connectivity index (χ1n) is 12.3. The fourth-order valence-electron chi connectivity index (χ4n) is 6.10. The van der Waals surface area contributed by atoms with E-state index in [0.717, 1.165) is 41.8 Å². The third-order valence-corrected chi connectivity index (χ3v) is 7.95. The van der Waals surface area contributed by atoms with Gasteiger partial charge in [0, 0.05) is 24.7 Å². The Morgan fingerprint density at radius 3 is 2.74 bits per heavy atom. The fourth-order valence-corrected chi connectivity index (χ4v) is 6.10. The summed E-state index contributed by atoms with van der Waals surface area (Å²) in [6, 6.07) is 15.2. The van der Waals surface area contributed by atoms with Gasteiger partial charge in [-0.05, 0) is 55.0 Å². The van der Waals surface area contributed by atoms with Crippen LogP contribution in [0.5, 0.6) is 5.75 Å². The molecule has 3 amide bonds. The molecule has 1 saturated heterocycles. The predicted octanol–water partition coefficient (Wildman–Crippen LogP) is 2.94. The lowest BCUT2D eigenvalue weighted by molar-refractivity contribution is -0.140. The second kappa shape index (κ2) is 8.15. The van der Waals surface area contributed by atoms with Crippen LogP contribution in [-0.2, 0) is 19.8 Å². The third-order valence-electron chi connectivity index (χ3n) is 7.95. The van der Waals surface area contributed by atoms with E-state index in [2.05, 4.69) is 5.32 Å². The topological polar surface area (TPSA) is 79.0 Å². The zero-order valence-electron chi connectivity index (χ0n) is 19.2. The van der Waals surface area contributed by atoms with E-state index in [4.69, 9.17) is 4.74 Å². The Balaban J connectivity index is 1.53. The summed E-state index contributed by atoms with van der Waals surface area (Å²) in [4.78, 5) is 44.2. The smallest absolute Gasteiger partial charge is 0.240 e. The van der Waals surface area contributed by atoms with Gasteiger partial charge in [-0.25, -0.2) is 0 Å². The minimum atomic E-state index is -0.918. The summed E-state index contributed by atoms with van der Waals surface area (Å²) in [5.74, 6) is 0.613. The molecule has 7 nitrogen and oxygen atoms in total. The molecule has 3 heterocycles. The molecule has 1 saturated carbocycles. The summed E-state index contributed by atoms with van der Waals surface area (Å²) >= 11 is 0. The molecule has 34 heavy (non-hydrogen) atoms. The minimum Gasteiger partial charge on any atom is -0.494 e. The molecule has 6 rings (SSSR count). The van der Waals surface area contributed by atoms with Gasteiger partial charge in [0.25, 0.3) is 0 Å². The van der Waals surface area contributed by atoms with Crippen LogP contribution in [0.2, 0.25) is 0 Å². The first kappa shape index (κ1) is 21.2. The molecule has 1 N–H and O–H groups in total. The normalized spacial score (nSPS) is 26.6. The van der Waals surface area contributed by atoms with Crippen molar-refractivity contribution >= 4 is 23.4 Å². The average Bonchev–Trinajstić information content (AvgIpc) is 3.31. The quantitative estimate of drug-likeness (QED) is 0.711. The number of hydrogen-bond donors (Lipinski definition) is 1. The van der Waals surface area contributed by atoms with Crippen molar-refractivity contribution in [3.05, 3.63) is 59.7 Å². The van der Waals surface area contributed by atoms with Crippen LogP contribution in [0, 0.1) is 5.92 Å². The zero-order chi connectivity index (χ0) is 23.3. The zero-order valence-corrected chi connectivity index (χ0v) is 19.2. The molecule has 0 aromatic heterocycles. The molecule has 4 aliphatic rings. The molecule has 1 aliphatic carbocycles. The Labute approximate surface area is 199 Å². The highest BCUT2D eigenvalue weighted by molar-refractivity contribution is 6.12. The number of ether oxygens (including phenoxy) is 1. The van der Waals surface area contributed by atoms with E-state index in [0.29, 0.717) is 32.5 Å². The molecule has 4 bridgehead atoms. The standard InChI is InChI=1S/C27H29N3O4/c31-23-17-30-22-11-2-1-10-21(22)27(26(30)33)12-14-29(25(32)18-6-3-7-18)24(27)19-8-4-9-20(16-19)34-15-5-13-28-23/h1-2,4,8-11,16,18,24H,3,5-7,12-15,17H2,(H,28,31)/t24-,27+/m0/s1. The summed E-state index contributed by atoms with van der Waals surface area (Å²) in [7, 11) is 0. The Morgan fingerprint density at radius 1 is 1.06 bits per heavy atom. The van der Waals surface area contributed by atoms with Crippen LogP contribution < -0.4 is 15.0 Å². The number of nitrogens with zero attached hydrogens (tertiary/aromatic N) is 2. The molecule has 2 atom stereocenters. The van der Waals surface area contributed by atoms with Crippen molar-refractivity contribution in [2.45, 2.75) is 43.6 Å². The van der Waals surface area contributed by atoms with Crippen LogP contribution in [0.4, 0.5) is 5.69 Å². The molecule has 0 radical (unpaired) electrons. The molecule has 2 aromatic rings. The number of carbonyl (C=O) groups excluding carboxylic acids is 3. The van der Waals surface area contributed by atoms with E-state index < -0.39 is 11.5 Å². The number of likely N-dealkylation sites (tertiary alicyclic amines) is 1. The first-order valence-corrected chi connectivity index (χ1v) is 12.3. The average molecular weight is 460 g/mol. The van der Waals surface area contributed by atoms with Crippen molar-refractivity contribution in [1.82, 2.24) is 10.2 Å². The Morgan fingerprint density at radius 2 is 1.91 bits per heavy atom. The SMILES string of the molecule is O=C1CN2C(=O)[C@]3(CCN(C(=O)C4CCC4)[C@H]3c3cccc(c3)OCCCN1)c1ccccc12. The van der Waals surface area contributed by atoms with E-state index in [1.807, 2.05) is 53.4 Å². The summed E-state index contributed by atoms with van der Waals surface area (Å²) in [5.41, 5.74) is 1.67. The number of benzene rings is 2. The van der Waals surface area contributed by atoms with Crippen LogP contribution in [0.15, 0.2) is 48.5 Å². The second-order valence-corrected chi connectivity index (χ2v) is 9.82. The van der Waals surface area contributed by atoms with E-state index >= 15 is 0 Å². The molecule has 3 aliphatic heterocycles. The van der Waals surface area contributed by atoms with Gasteiger partial charge in [0.15, 0.2) is 0 Å². The maximum Gasteiger partial charge on any atom is 0.240 e. The molecule has 1 spiro atoms.